The molecule has 0 N–H and O–H groups in total. The summed E-state index contributed by atoms with van der Waals surface area (Å²) in [6, 6.07) is 23.8. The normalized spacial score (nSPS) is 16.0. The maximum Gasteiger partial charge on any atom is 0.126 e. The number of hydrogen-bond acceptors (Lipinski definition) is 4. The Morgan fingerprint density at radius 2 is 1.53 bits per heavy atom. The van der Waals surface area contributed by atoms with Crippen molar-refractivity contribution in [2.24, 2.45) is 5.10 Å². The van der Waals surface area contributed by atoms with Gasteiger partial charge in [-0.2, -0.15) is 5.10 Å². The first-order chi connectivity index (χ1) is 14.7. The first-order valence-electron chi connectivity index (χ1n) is 9.76. The smallest absolute Gasteiger partial charge is 0.126 e. The number of hydrogen-bond donors (Lipinski definition) is 0. The molecule has 0 aromatic heterocycles. The maximum absolute atomic E-state index is 6.10. The van der Waals surface area contributed by atoms with Crippen molar-refractivity contribution in [3.8, 4) is 11.5 Å². The van der Waals surface area contributed by atoms with E-state index in [-0.39, 0.29) is 6.04 Å². The van der Waals surface area contributed by atoms with Crippen LogP contribution in [0.3, 0.4) is 0 Å². The Kier molecular flexibility index (Phi) is 6.05. The summed E-state index contributed by atoms with van der Waals surface area (Å²) >= 11 is 6.10. The van der Waals surface area contributed by atoms with E-state index < -0.39 is 0 Å². The van der Waals surface area contributed by atoms with Crippen molar-refractivity contribution in [2.75, 3.05) is 19.2 Å². The number of rotatable bonds is 6. The average Bonchev–Trinajstić information content (AvgIpc) is 3.22. The Balaban J connectivity index is 1.69. The number of para-hydroxylation sites is 2. The molecule has 4 rings (SSSR count). The summed E-state index contributed by atoms with van der Waals surface area (Å²) in [5, 5.41) is 7.65. The highest BCUT2D eigenvalue weighted by Crippen LogP contribution is 2.39. The van der Waals surface area contributed by atoms with Crippen molar-refractivity contribution in [2.45, 2.75) is 12.5 Å². The lowest BCUT2D eigenvalue weighted by atomic mass is 9.99. The number of allylic oxidation sites excluding steroid dienone is 1. The van der Waals surface area contributed by atoms with Crippen molar-refractivity contribution < 1.29 is 9.47 Å². The van der Waals surface area contributed by atoms with E-state index in [4.69, 9.17) is 26.2 Å². The van der Waals surface area contributed by atoms with E-state index in [2.05, 4.69) is 12.1 Å². The summed E-state index contributed by atoms with van der Waals surface area (Å²) in [6.07, 6.45) is 4.85. The summed E-state index contributed by atoms with van der Waals surface area (Å²) in [7, 11) is 3.38. The Hall–Kier alpha value is -3.24. The van der Waals surface area contributed by atoms with Gasteiger partial charge in [-0.05, 0) is 48.6 Å². The third kappa shape index (κ3) is 4.19. The van der Waals surface area contributed by atoms with E-state index >= 15 is 0 Å². The maximum atomic E-state index is 6.10. The Bertz CT molecular complexity index is 1080. The molecule has 1 atom stereocenters. The fourth-order valence-corrected chi connectivity index (χ4v) is 3.77. The molecular weight excluding hydrogens is 396 g/mol. The van der Waals surface area contributed by atoms with Gasteiger partial charge in [-0.25, -0.2) is 0 Å². The van der Waals surface area contributed by atoms with Crippen molar-refractivity contribution in [3.63, 3.8) is 0 Å². The molecular formula is C25H23ClN2O2. The lowest BCUT2D eigenvalue weighted by Crippen LogP contribution is -2.19. The molecule has 3 aromatic rings. The van der Waals surface area contributed by atoms with Crippen LogP contribution in [0.5, 0.6) is 11.5 Å². The van der Waals surface area contributed by atoms with Gasteiger partial charge in [0.05, 0.1) is 31.7 Å². The lowest BCUT2D eigenvalue weighted by molar-refractivity contribution is 0.405. The van der Waals surface area contributed by atoms with Crippen LogP contribution in [-0.2, 0) is 0 Å². The topological polar surface area (TPSA) is 34.1 Å². The standard InChI is InChI=1S/C25H23ClN2O2/c1-29-24-9-5-3-7-18(24)11-14-20-17-23(22-8-4-6-10-25(22)30-2)28(27-20)21-15-12-19(26)13-16-21/h3-16,23H,17H2,1-2H3/b14-11+. The number of methoxy groups -OCH3 is 2. The molecule has 0 fully saturated rings. The molecule has 0 amide bonds. The van der Waals surface area contributed by atoms with Crippen LogP contribution < -0.4 is 14.5 Å². The van der Waals surface area contributed by atoms with Gasteiger partial charge in [-0.1, -0.05) is 48.0 Å². The fraction of sp³-hybridized carbons (Fsp3) is 0.160. The van der Waals surface area contributed by atoms with Crippen LogP contribution in [-0.4, -0.2) is 19.9 Å². The second kappa shape index (κ2) is 9.06. The molecule has 0 saturated carbocycles. The molecule has 5 heteroatoms. The van der Waals surface area contributed by atoms with Crippen LogP contribution in [0.4, 0.5) is 5.69 Å². The van der Waals surface area contributed by atoms with Crippen molar-refractivity contribution >= 4 is 29.1 Å². The molecule has 3 aromatic carbocycles. The van der Waals surface area contributed by atoms with Crippen molar-refractivity contribution in [3.05, 3.63) is 95.0 Å². The number of ether oxygens (including phenoxy) is 2. The highest BCUT2D eigenvalue weighted by Gasteiger charge is 2.30. The summed E-state index contributed by atoms with van der Waals surface area (Å²) in [4.78, 5) is 0. The Labute approximate surface area is 182 Å². The van der Waals surface area contributed by atoms with E-state index in [0.717, 1.165) is 40.4 Å². The summed E-state index contributed by atoms with van der Waals surface area (Å²) in [5.74, 6) is 1.69. The minimum atomic E-state index is 0.0274. The van der Waals surface area contributed by atoms with E-state index in [1.54, 1.807) is 14.2 Å². The van der Waals surface area contributed by atoms with Gasteiger partial charge in [0.15, 0.2) is 0 Å². The molecule has 1 aliphatic rings. The van der Waals surface area contributed by atoms with E-state index in [9.17, 15) is 0 Å². The molecule has 0 bridgehead atoms. The van der Waals surface area contributed by atoms with E-state index in [1.807, 2.05) is 77.8 Å². The molecule has 0 radical (unpaired) electrons. The number of nitrogens with zero attached hydrogens (tertiary/aromatic N) is 2. The minimum absolute atomic E-state index is 0.0274. The van der Waals surface area contributed by atoms with Crippen LogP contribution >= 0.6 is 11.6 Å². The highest BCUT2D eigenvalue weighted by atomic mass is 35.5. The lowest BCUT2D eigenvalue weighted by Gasteiger charge is -2.25. The zero-order valence-corrected chi connectivity index (χ0v) is 17.7. The number of hydrazone groups is 1. The minimum Gasteiger partial charge on any atom is -0.496 e. The first kappa shape index (κ1) is 20.0. The van der Waals surface area contributed by atoms with Crippen LogP contribution in [0.25, 0.3) is 6.08 Å². The van der Waals surface area contributed by atoms with Gasteiger partial charge in [-0.3, -0.25) is 5.01 Å². The van der Waals surface area contributed by atoms with Crippen LogP contribution in [0.1, 0.15) is 23.6 Å². The highest BCUT2D eigenvalue weighted by molar-refractivity contribution is 6.30. The number of halogens is 1. The Morgan fingerprint density at radius 1 is 0.867 bits per heavy atom. The summed E-state index contributed by atoms with van der Waals surface area (Å²) in [5.41, 5.74) is 4.07. The molecule has 0 spiro atoms. The van der Waals surface area contributed by atoms with Gasteiger partial charge >= 0.3 is 0 Å². The predicted octanol–water partition coefficient (Wildman–Crippen LogP) is 6.38. The van der Waals surface area contributed by atoms with Gasteiger partial charge in [0.2, 0.25) is 0 Å². The molecule has 1 heterocycles. The van der Waals surface area contributed by atoms with E-state index in [1.165, 1.54) is 0 Å². The van der Waals surface area contributed by atoms with Crippen LogP contribution in [0.15, 0.2) is 84.0 Å². The van der Waals surface area contributed by atoms with Crippen LogP contribution in [0.2, 0.25) is 5.02 Å². The van der Waals surface area contributed by atoms with E-state index in [0.29, 0.717) is 5.02 Å². The second-order valence-corrected chi connectivity index (χ2v) is 7.39. The van der Waals surface area contributed by atoms with Gasteiger partial charge in [0, 0.05) is 22.6 Å². The molecule has 0 saturated heterocycles. The third-order valence-corrected chi connectivity index (χ3v) is 5.37. The first-order valence-corrected chi connectivity index (χ1v) is 10.1. The molecule has 30 heavy (non-hydrogen) atoms. The Morgan fingerprint density at radius 3 is 2.27 bits per heavy atom. The molecule has 1 aliphatic heterocycles. The van der Waals surface area contributed by atoms with Gasteiger partial charge in [0.1, 0.15) is 11.5 Å². The van der Waals surface area contributed by atoms with Crippen LogP contribution in [0, 0.1) is 0 Å². The second-order valence-electron chi connectivity index (χ2n) is 6.95. The molecule has 1 unspecified atom stereocenters. The van der Waals surface area contributed by atoms with Gasteiger partial charge in [0.25, 0.3) is 0 Å². The number of benzene rings is 3. The van der Waals surface area contributed by atoms with Gasteiger partial charge in [-0.15, -0.1) is 0 Å². The third-order valence-electron chi connectivity index (χ3n) is 5.12. The summed E-state index contributed by atoms with van der Waals surface area (Å²) in [6.45, 7) is 0. The predicted molar refractivity (Wildman–Crippen MR) is 124 cm³/mol. The monoisotopic (exact) mass is 418 g/mol. The quantitative estimate of drug-likeness (QED) is 0.466. The molecule has 152 valence electrons. The summed E-state index contributed by atoms with van der Waals surface area (Å²) < 4.78 is 11.1. The average molecular weight is 419 g/mol. The van der Waals surface area contributed by atoms with Gasteiger partial charge < -0.3 is 9.47 Å². The SMILES string of the molecule is COc1ccccc1/C=C/C1=NN(c2ccc(Cl)cc2)C(c2ccccc2OC)C1. The zero-order valence-electron chi connectivity index (χ0n) is 17.0. The largest absolute Gasteiger partial charge is 0.496 e. The molecule has 0 aliphatic carbocycles. The molecule has 4 nitrogen and oxygen atoms in total. The van der Waals surface area contributed by atoms with Crippen molar-refractivity contribution in [1.29, 1.82) is 0 Å². The number of anilines is 1. The van der Waals surface area contributed by atoms with Crippen molar-refractivity contribution in [1.82, 2.24) is 0 Å². The zero-order chi connectivity index (χ0) is 20.9. The fourth-order valence-electron chi connectivity index (χ4n) is 3.64.